The van der Waals surface area contributed by atoms with Gasteiger partial charge in [-0.3, -0.25) is 9.78 Å². The minimum atomic E-state index is -0.0880. The van der Waals surface area contributed by atoms with E-state index < -0.39 is 0 Å². The van der Waals surface area contributed by atoms with E-state index in [1.807, 2.05) is 25.1 Å². The highest BCUT2D eigenvalue weighted by molar-refractivity contribution is 5.91. The van der Waals surface area contributed by atoms with Crippen molar-refractivity contribution in [3.63, 3.8) is 0 Å². The van der Waals surface area contributed by atoms with Gasteiger partial charge in [0.25, 0.3) is 0 Å². The fourth-order valence-electron chi connectivity index (χ4n) is 1.38. The molecule has 0 fully saturated rings. The van der Waals surface area contributed by atoms with Gasteiger partial charge >= 0.3 is 0 Å². The molecule has 4 nitrogen and oxygen atoms in total. The highest BCUT2D eigenvalue weighted by atomic mass is 16.1. The number of rotatable bonds is 1. The molecule has 1 aromatic heterocycles. The van der Waals surface area contributed by atoms with Gasteiger partial charge in [-0.25, -0.2) is 4.98 Å². The van der Waals surface area contributed by atoms with E-state index in [2.05, 4.69) is 15.3 Å². The molecule has 0 saturated carbocycles. The molecule has 2 rings (SSSR count). The Morgan fingerprint density at radius 1 is 1.33 bits per heavy atom. The van der Waals surface area contributed by atoms with Crippen LogP contribution >= 0.6 is 0 Å². The Balaban J connectivity index is 2.49. The van der Waals surface area contributed by atoms with E-state index in [1.165, 1.54) is 6.92 Å². The third kappa shape index (κ3) is 2.10. The van der Waals surface area contributed by atoms with E-state index in [-0.39, 0.29) is 5.91 Å². The third-order valence-electron chi connectivity index (χ3n) is 1.98. The van der Waals surface area contributed by atoms with Gasteiger partial charge in [-0.1, -0.05) is 0 Å². The minimum absolute atomic E-state index is 0.0880. The molecule has 15 heavy (non-hydrogen) atoms. The molecule has 0 spiro atoms. The summed E-state index contributed by atoms with van der Waals surface area (Å²) >= 11 is 0. The number of carbonyl (C=O) groups excluding carboxylic acids is 1. The SMILES string of the molecule is CC(=O)Nc1ccc2ncc(C)nc2c1. The van der Waals surface area contributed by atoms with Crippen LogP contribution in [0.1, 0.15) is 12.6 Å². The summed E-state index contributed by atoms with van der Waals surface area (Å²) in [6.45, 7) is 3.36. The van der Waals surface area contributed by atoms with Crippen molar-refractivity contribution in [3.05, 3.63) is 30.1 Å². The van der Waals surface area contributed by atoms with Gasteiger partial charge in [0.2, 0.25) is 5.91 Å². The lowest BCUT2D eigenvalue weighted by atomic mass is 10.2. The zero-order valence-electron chi connectivity index (χ0n) is 8.61. The summed E-state index contributed by atoms with van der Waals surface area (Å²) in [5.41, 5.74) is 3.23. The summed E-state index contributed by atoms with van der Waals surface area (Å²) in [6, 6.07) is 5.47. The van der Waals surface area contributed by atoms with Gasteiger partial charge in [-0.05, 0) is 25.1 Å². The zero-order valence-corrected chi connectivity index (χ0v) is 8.61. The van der Waals surface area contributed by atoms with Crippen LogP contribution in [0.4, 0.5) is 5.69 Å². The molecule has 1 aromatic carbocycles. The smallest absolute Gasteiger partial charge is 0.221 e. The largest absolute Gasteiger partial charge is 0.326 e. The van der Waals surface area contributed by atoms with E-state index in [4.69, 9.17) is 0 Å². The molecule has 2 aromatic rings. The number of fused-ring (bicyclic) bond motifs is 1. The standard InChI is InChI=1S/C11H11N3O/c1-7-6-12-10-4-3-9(14-8(2)15)5-11(10)13-7/h3-6H,1-2H3,(H,14,15). The minimum Gasteiger partial charge on any atom is -0.326 e. The van der Waals surface area contributed by atoms with Crippen LogP contribution < -0.4 is 5.32 Å². The van der Waals surface area contributed by atoms with Crippen LogP contribution in [0.2, 0.25) is 0 Å². The average molecular weight is 201 g/mol. The summed E-state index contributed by atoms with van der Waals surface area (Å²) in [5.74, 6) is -0.0880. The maximum Gasteiger partial charge on any atom is 0.221 e. The van der Waals surface area contributed by atoms with Crippen molar-refractivity contribution in [1.82, 2.24) is 9.97 Å². The van der Waals surface area contributed by atoms with Crippen LogP contribution in [-0.4, -0.2) is 15.9 Å². The second kappa shape index (κ2) is 3.65. The van der Waals surface area contributed by atoms with Crippen LogP contribution in [0, 0.1) is 6.92 Å². The van der Waals surface area contributed by atoms with E-state index in [9.17, 15) is 4.79 Å². The molecule has 76 valence electrons. The second-order valence-corrected chi connectivity index (χ2v) is 3.40. The number of benzene rings is 1. The van der Waals surface area contributed by atoms with Crippen LogP contribution in [0.15, 0.2) is 24.4 Å². The average Bonchev–Trinajstić information content (AvgIpc) is 2.16. The Bertz CT molecular complexity index is 522. The van der Waals surface area contributed by atoms with Crippen LogP contribution in [0.5, 0.6) is 0 Å². The molecule has 0 bridgehead atoms. The quantitative estimate of drug-likeness (QED) is 0.766. The molecule has 4 heteroatoms. The van der Waals surface area contributed by atoms with Gasteiger partial charge in [-0.15, -0.1) is 0 Å². The van der Waals surface area contributed by atoms with Gasteiger partial charge in [0.05, 0.1) is 16.7 Å². The number of hydrogen-bond donors (Lipinski definition) is 1. The van der Waals surface area contributed by atoms with E-state index in [1.54, 1.807) is 6.20 Å². The van der Waals surface area contributed by atoms with Crippen LogP contribution in [0.3, 0.4) is 0 Å². The van der Waals surface area contributed by atoms with E-state index in [0.717, 1.165) is 22.4 Å². The number of carbonyl (C=O) groups is 1. The fourth-order valence-corrected chi connectivity index (χ4v) is 1.38. The summed E-state index contributed by atoms with van der Waals surface area (Å²) in [7, 11) is 0. The summed E-state index contributed by atoms with van der Waals surface area (Å²) in [6.07, 6.45) is 1.72. The Labute approximate surface area is 87.4 Å². The second-order valence-electron chi connectivity index (χ2n) is 3.40. The van der Waals surface area contributed by atoms with Crippen molar-refractivity contribution in [2.24, 2.45) is 0 Å². The Morgan fingerprint density at radius 3 is 2.87 bits per heavy atom. The van der Waals surface area contributed by atoms with E-state index >= 15 is 0 Å². The zero-order chi connectivity index (χ0) is 10.8. The molecule has 1 N–H and O–H groups in total. The molecule has 0 saturated heterocycles. The number of aromatic nitrogens is 2. The van der Waals surface area contributed by atoms with Crippen LogP contribution in [-0.2, 0) is 4.79 Å². The molecule has 0 unspecified atom stereocenters. The van der Waals surface area contributed by atoms with Gasteiger partial charge in [0.1, 0.15) is 0 Å². The van der Waals surface area contributed by atoms with Crippen molar-refractivity contribution in [3.8, 4) is 0 Å². The highest BCUT2D eigenvalue weighted by Crippen LogP contribution is 2.15. The topological polar surface area (TPSA) is 54.9 Å². The molecule has 1 amide bonds. The van der Waals surface area contributed by atoms with Crippen molar-refractivity contribution >= 4 is 22.6 Å². The number of amides is 1. The number of anilines is 1. The first-order valence-electron chi connectivity index (χ1n) is 4.66. The molecule has 0 aliphatic carbocycles. The monoisotopic (exact) mass is 201 g/mol. The highest BCUT2D eigenvalue weighted by Gasteiger charge is 2.00. The Kier molecular flexibility index (Phi) is 2.33. The lowest BCUT2D eigenvalue weighted by molar-refractivity contribution is -0.114. The molecule has 0 aliphatic heterocycles. The molecular formula is C11H11N3O. The molecule has 0 aliphatic rings. The lowest BCUT2D eigenvalue weighted by Crippen LogP contribution is -2.05. The fraction of sp³-hybridized carbons (Fsp3) is 0.182. The number of aryl methyl sites for hydroxylation is 1. The first-order valence-corrected chi connectivity index (χ1v) is 4.66. The van der Waals surface area contributed by atoms with Crippen molar-refractivity contribution in [2.75, 3.05) is 5.32 Å². The predicted octanol–water partition coefficient (Wildman–Crippen LogP) is 1.90. The van der Waals surface area contributed by atoms with Gasteiger partial charge in [0, 0.05) is 18.8 Å². The van der Waals surface area contributed by atoms with Crippen LogP contribution in [0.25, 0.3) is 11.0 Å². The molecule has 0 atom stereocenters. The van der Waals surface area contributed by atoms with Crippen molar-refractivity contribution < 1.29 is 4.79 Å². The number of hydrogen-bond acceptors (Lipinski definition) is 3. The van der Waals surface area contributed by atoms with Gasteiger partial charge in [-0.2, -0.15) is 0 Å². The van der Waals surface area contributed by atoms with Crippen molar-refractivity contribution in [2.45, 2.75) is 13.8 Å². The summed E-state index contributed by atoms with van der Waals surface area (Å²) < 4.78 is 0. The van der Waals surface area contributed by atoms with Gasteiger partial charge < -0.3 is 5.32 Å². The van der Waals surface area contributed by atoms with E-state index in [0.29, 0.717) is 0 Å². The molecule has 1 heterocycles. The predicted molar refractivity (Wildman–Crippen MR) is 58.6 cm³/mol. The first-order chi connectivity index (χ1) is 7.15. The number of nitrogens with zero attached hydrogens (tertiary/aromatic N) is 2. The van der Waals surface area contributed by atoms with Gasteiger partial charge in [0.15, 0.2) is 0 Å². The summed E-state index contributed by atoms with van der Waals surface area (Å²) in [4.78, 5) is 19.4. The summed E-state index contributed by atoms with van der Waals surface area (Å²) in [5, 5.41) is 2.71. The molecular weight excluding hydrogens is 190 g/mol. The maximum atomic E-state index is 10.9. The third-order valence-corrected chi connectivity index (χ3v) is 1.98. The first kappa shape index (κ1) is 9.58. The molecule has 0 radical (unpaired) electrons. The Morgan fingerprint density at radius 2 is 2.13 bits per heavy atom. The normalized spacial score (nSPS) is 10.3. The van der Waals surface area contributed by atoms with Crippen molar-refractivity contribution in [1.29, 1.82) is 0 Å². The Hall–Kier alpha value is -1.97. The number of nitrogens with one attached hydrogen (secondary N) is 1. The maximum absolute atomic E-state index is 10.9. The lowest BCUT2D eigenvalue weighted by Gasteiger charge is -2.03.